The molecule has 2 aromatic carbocycles. The van der Waals surface area contributed by atoms with Crippen LogP contribution in [0.25, 0.3) is 0 Å². The fraction of sp³-hybridized carbons (Fsp3) is 0.200. The summed E-state index contributed by atoms with van der Waals surface area (Å²) in [6, 6.07) is 17.2. The fourth-order valence-electron chi connectivity index (χ4n) is 1.82. The molecule has 0 unspecified atom stereocenters. The van der Waals surface area contributed by atoms with E-state index in [1.807, 2.05) is 0 Å². The van der Waals surface area contributed by atoms with Crippen molar-refractivity contribution in [3.63, 3.8) is 0 Å². The largest absolute Gasteiger partial charge is 0.269 e. The molecule has 84 valence electrons. The molecule has 2 rings (SSSR count). The van der Waals surface area contributed by atoms with Gasteiger partial charge in [0.1, 0.15) is 0 Å². The van der Waals surface area contributed by atoms with Crippen LogP contribution in [-0.2, 0) is 6.42 Å². The van der Waals surface area contributed by atoms with Crippen molar-refractivity contribution in [1.82, 2.24) is 0 Å². The van der Waals surface area contributed by atoms with Crippen molar-refractivity contribution in [1.29, 1.82) is 0 Å². The van der Waals surface area contributed by atoms with Gasteiger partial charge in [-0.05, 0) is 42.5 Å². The van der Waals surface area contributed by atoms with Crippen LogP contribution in [0.4, 0.5) is 4.70 Å². The highest BCUT2D eigenvalue weighted by Crippen LogP contribution is 2.16. The molecule has 0 radical (unpaired) electrons. The van der Waals surface area contributed by atoms with Gasteiger partial charge in [0.2, 0.25) is 0 Å². The third kappa shape index (κ3) is 2.69. The summed E-state index contributed by atoms with van der Waals surface area (Å²) in [5.74, 6) is 0. The van der Waals surface area contributed by atoms with Gasteiger partial charge >= 0.3 is 0 Å². The van der Waals surface area contributed by atoms with Gasteiger partial charge in [-0.3, -0.25) is 4.70 Å². The molecule has 0 aromatic heterocycles. The van der Waals surface area contributed by atoms with Crippen molar-refractivity contribution in [3.8, 4) is 0 Å². The maximum Gasteiger partial charge on any atom is -0.00205 e. The summed E-state index contributed by atoms with van der Waals surface area (Å²) in [6.45, 7) is 4.35. The summed E-state index contributed by atoms with van der Waals surface area (Å²) in [4.78, 5) is 0. The van der Waals surface area contributed by atoms with Crippen LogP contribution in [0.1, 0.15) is 22.3 Å². The Kier molecular flexibility index (Phi) is 4.24. The number of aryl methyl sites for hydroxylation is 2. The molecular weight excluding hydrogens is 199 g/mol. The minimum atomic E-state index is 0. The maximum absolute atomic E-state index is 2.21. The first-order valence-corrected chi connectivity index (χ1v) is 5.36. The van der Waals surface area contributed by atoms with Gasteiger partial charge in [0, 0.05) is 0 Å². The second-order valence-corrected chi connectivity index (χ2v) is 4.03. The summed E-state index contributed by atoms with van der Waals surface area (Å²) in [5.41, 5.74) is 5.60. The summed E-state index contributed by atoms with van der Waals surface area (Å²) in [5, 5.41) is 0. The van der Waals surface area contributed by atoms with Crippen LogP contribution < -0.4 is 0 Å². The molecule has 0 saturated heterocycles. The number of hydrogen-bond donors (Lipinski definition) is 0. The average molecular weight is 216 g/mol. The van der Waals surface area contributed by atoms with Crippen molar-refractivity contribution in [2.75, 3.05) is 0 Å². The molecular formula is C15H17F. The van der Waals surface area contributed by atoms with Crippen LogP contribution in [0, 0.1) is 13.8 Å². The third-order valence-corrected chi connectivity index (χ3v) is 2.90. The van der Waals surface area contributed by atoms with Gasteiger partial charge in [-0.25, -0.2) is 0 Å². The van der Waals surface area contributed by atoms with E-state index in [2.05, 4.69) is 62.4 Å². The van der Waals surface area contributed by atoms with E-state index in [1.54, 1.807) is 0 Å². The minimum absolute atomic E-state index is 0. The highest BCUT2D eigenvalue weighted by atomic mass is 19.0. The van der Waals surface area contributed by atoms with E-state index in [0.29, 0.717) is 0 Å². The zero-order valence-electron chi connectivity index (χ0n) is 9.73. The molecule has 0 atom stereocenters. The second kappa shape index (κ2) is 5.45. The molecule has 0 spiro atoms. The van der Waals surface area contributed by atoms with Crippen molar-refractivity contribution in [2.45, 2.75) is 20.3 Å². The molecule has 0 heterocycles. The van der Waals surface area contributed by atoms with Crippen LogP contribution in [0.15, 0.2) is 48.5 Å². The zero-order chi connectivity index (χ0) is 10.7. The zero-order valence-corrected chi connectivity index (χ0v) is 9.73. The lowest BCUT2D eigenvalue weighted by Crippen LogP contribution is -1.93. The molecule has 0 amide bonds. The normalized spacial score (nSPS) is 9.62. The highest BCUT2D eigenvalue weighted by molar-refractivity contribution is 5.35. The van der Waals surface area contributed by atoms with Crippen molar-refractivity contribution in [2.24, 2.45) is 0 Å². The molecule has 0 N–H and O–H groups in total. The van der Waals surface area contributed by atoms with E-state index in [4.69, 9.17) is 0 Å². The Balaban J connectivity index is 0.00000128. The van der Waals surface area contributed by atoms with Gasteiger partial charge < -0.3 is 0 Å². The van der Waals surface area contributed by atoms with Gasteiger partial charge in [0.05, 0.1) is 0 Å². The summed E-state index contributed by atoms with van der Waals surface area (Å²) in [6.07, 6.45) is 1.04. The molecule has 1 heteroatoms. The van der Waals surface area contributed by atoms with Crippen molar-refractivity contribution in [3.05, 3.63) is 70.8 Å². The van der Waals surface area contributed by atoms with Crippen LogP contribution >= 0.6 is 0 Å². The quantitative estimate of drug-likeness (QED) is 0.710. The van der Waals surface area contributed by atoms with Gasteiger partial charge in [0.15, 0.2) is 0 Å². The molecule has 16 heavy (non-hydrogen) atoms. The maximum atomic E-state index is 2.21. The average Bonchev–Trinajstić information content (AvgIpc) is 2.24. The third-order valence-electron chi connectivity index (χ3n) is 2.90. The molecule has 0 aliphatic rings. The SMILES string of the molecule is Cc1ccccc1Cc1ccccc1C.F. The molecule has 0 saturated carbocycles. The summed E-state index contributed by atoms with van der Waals surface area (Å²) in [7, 11) is 0. The first-order valence-electron chi connectivity index (χ1n) is 5.36. The Morgan fingerprint density at radius 1 is 0.688 bits per heavy atom. The molecule has 0 nitrogen and oxygen atoms in total. The lowest BCUT2D eigenvalue weighted by Gasteiger charge is -2.07. The van der Waals surface area contributed by atoms with E-state index in [1.165, 1.54) is 22.3 Å². The smallest absolute Gasteiger partial charge is 0.00205 e. The van der Waals surface area contributed by atoms with Crippen LogP contribution in [0.2, 0.25) is 0 Å². The number of halogens is 1. The first kappa shape index (κ1) is 12.4. The molecule has 0 bridgehead atoms. The van der Waals surface area contributed by atoms with E-state index in [9.17, 15) is 0 Å². The number of rotatable bonds is 2. The fourth-order valence-corrected chi connectivity index (χ4v) is 1.82. The Labute approximate surface area is 96.3 Å². The van der Waals surface area contributed by atoms with Crippen molar-refractivity contribution < 1.29 is 4.70 Å². The van der Waals surface area contributed by atoms with Crippen molar-refractivity contribution >= 4 is 0 Å². The minimum Gasteiger partial charge on any atom is -0.269 e. The van der Waals surface area contributed by atoms with Gasteiger partial charge in [0.25, 0.3) is 0 Å². The molecule has 0 aliphatic carbocycles. The van der Waals surface area contributed by atoms with Crippen LogP contribution in [0.5, 0.6) is 0 Å². The Morgan fingerprint density at radius 2 is 1.06 bits per heavy atom. The molecule has 0 aliphatic heterocycles. The summed E-state index contributed by atoms with van der Waals surface area (Å²) >= 11 is 0. The lowest BCUT2D eigenvalue weighted by atomic mass is 9.98. The van der Waals surface area contributed by atoms with Gasteiger partial charge in [-0.1, -0.05) is 48.5 Å². The highest BCUT2D eigenvalue weighted by Gasteiger charge is 2.01. The first-order chi connectivity index (χ1) is 7.27. The molecule has 2 aromatic rings. The predicted molar refractivity (Wildman–Crippen MR) is 67.7 cm³/mol. The lowest BCUT2D eigenvalue weighted by molar-refractivity contribution is 1.11. The predicted octanol–water partition coefficient (Wildman–Crippen LogP) is 4.05. The van der Waals surface area contributed by atoms with E-state index in [0.717, 1.165) is 6.42 Å². The van der Waals surface area contributed by atoms with E-state index < -0.39 is 0 Å². The topological polar surface area (TPSA) is 0 Å². The van der Waals surface area contributed by atoms with Gasteiger partial charge in [-0.15, -0.1) is 0 Å². The van der Waals surface area contributed by atoms with Gasteiger partial charge in [-0.2, -0.15) is 0 Å². The Hall–Kier alpha value is -1.63. The van der Waals surface area contributed by atoms with E-state index in [-0.39, 0.29) is 4.70 Å². The number of benzene rings is 2. The Bertz CT molecular complexity index is 417. The second-order valence-electron chi connectivity index (χ2n) is 4.03. The summed E-state index contributed by atoms with van der Waals surface area (Å²) < 4.78 is 0. The molecule has 0 fully saturated rings. The monoisotopic (exact) mass is 216 g/mol. The standard InChI is InChI=1S/C15H16.FH/c1-12-7-3-5-9-14(12)11-15-10-6-4-8-13(15)2;/h3-10H,11H2,1-2H3;1H. The van der Waals surface area contributed by atoms with Crippen LogP contribution in [-0.4, -0.2) is 0 Å². The Morgan fingerprint density at radius 3 is 1.44 bits per heavy atom. The van der Waals surface area contributed by atoms with E-state index >= 15 is 0 Å². The number of hydrogen-bond acceptors (Lipinski definition) is 0. The van der Waals surface area contributed by atoms with Crippen LogP contribution in [0.3, 0.4) is 0 Å².